The van der Waals surface area contributed by atoms with E-state index in [9.17, 15) is 31.4 Å². The van der Waals surface area contributed by atoms with Crippen molar-refractivity contribution in [2.75, 3.05) is 18.0 Å². The van der Waals surface area contributed by atoms with Gasteiger partial charge in [0, 0.05) is 36.3 Å². The number of carbonyl (C=O) groups is 2. The van der Waals surface area contributed by atoms with Gasteiger partial charge < -0.3 is 25.5 Å². The van der Waals surface area contributed by atoms with Crippen LogP contribution in [0.4, 0.5) is 32.3 Å². The molecule has 224 valence electrons. The lowest BCUT2D eigenvalue weighted by Crippen LogP contribution is -2.37. The van der Waals surface area contributed by atoms with Crippen molar-refractivity contribution >= 4 is 17.9 Å². The minimum Gasteiger partial charge on any atom is -0.507 e. The third kappa shape index (κ3) is 10.2. The van der Waals surface area contributed by atoms with Crippen LogP contribution < -0.4 is 10.2 Å². The molecule has 5 N–H and O–H groups in total. The van der Waals surface area contributed by atoms with E-state index < -0.39 is 24.3 Å². The predicted octanol–water partition coefficient (Wildman–Crippen LogP) is 2.87. The number of hydrogen-bond donors (Lipinski definition) is 5. The Morgan fingerprint density at radius 1 is 1.02 bits per heavy atom. The Hall–Kier alpha value is -4.55. The van der Waals surface area contributed by atoms with Crippen LogP contribution in [0.5, 0.6) is 5.75 Å². The van der Waals surface area contributed by atoms with Crippen LogP contribution in [0.2, 0.25) is 0 Å². The maximum atomic E-state index is 10.6. The van der Waals surface area contributed by atoms with E-state index in [0.29, 0.717) is 35.0 Å². The number of nitrogens with zero attached hydrogens (tertiary/aromatic N) is 6. The summed E-state index contributed by atoms with van der Waals surface area (Å²) in [6, 6.07) is 6.17. The molecule has 1 unspecified atom stereocenters. The number of alkyl halides is 6. The number of aliphatic carboxylic acids is 2. The standard InChI is InChI=1S/C18H22N8O.2C2HF3O2/c1-11(2)21-13-5-6-26(10-13)18-19-8-16(22-24-18)14-4-3-12(7-17(14)27)15-9-20-25-23-15;2*3-2(4,5)1(6)7/h3-4,7-9,11,13,21,27H,5-6,10H2,1-2H3,(H,20,23,25);2*(H,6,7). The van der Waals surface area contributed by atoms with Crippen molar-refractivity contribution in [1.82, 2.24) is 35.9 Å². The normalized spacial score (nSPS) is 15.0. The molecule has 0 spiro atoms. The van der Waals surface area contributed by atoms with Gasteiger partial charge in [-0.1, -0.05) is 19.9 Å². The van der Waals surface area contributed by atoms with Gasteiger partial charge in [-0.15, -0.1) is 10.2 Å². The third-order valence-electron chi connectivity index (χ3n) is 5.06. The Morgan fingerprint density at radius 3 is 2.07 bits per heavy atom. The molecule has 0 aliphatic carbocycles. The Morgan fingerprint density at radius 2 is 1.63 bits per heavy atom. The average molecular weight is 594 g/mol. The zero-order valence-electron chi connectivity index (χ0n) is 21.3. The number of H-pyrrole nitrogens is 1. The summed E-state index contributed by atoms with van der Waals surface area (Å²) in [6.07, 6.45) is -5.86. The number of halogens is 6. The van der Waals surface area contributed by atoms with E-state index in [2.05, 4.69) is 54.7 Å². The van der Waals surface area contributed by atoms with Crippen LogP contribution in [0.3, 0.4) is 0 Å². The maximum Gasteiger partial charge on any atom is 0.490 e. The Balaban J connectivity index is 0.000000349. The van der Waals surface area contributed by atoms with Crippen LogP contribution in [-0.2, 0) is 9.59 Å². The van der Waals surface area contributed by atoms with Crippen molar-refractivity contribution in [3.63, 3.8) is 0 Å². The number of phenols is 1. The highest BCUT2D eigenvalue weighted by atomic mass is 19.4. The molecule has 1 fully saturated rings. The zero-order valence-corrected chi connectivity index (χ0v) is 21.3. The summed E-state index contributed by atoms with van der Waals surface area (Å²) in [5.74, 6) is -4.80. The van der Waals surface area contributed by atoms with Crippen LogP contribution in [-0.4, -0.2) is 95.4 Å². The van der Waals surface area contributed by atoms with Crippen molar-refractivity contribution < 1.29 is 51.3 Å². The van der Waals surface area contributed by atoms with E-state index in [-0.39, 0.29) is 5.75 Å². The molecule has 4 rings (SSSR count). The van der Waals surface area contributed by atoms with Gasteiger partial charge in [0.05, 0.1) is 12.4 Å². The molecule has 2 aromatic heterocycles. The van der Waals surface area contributed by atoms with Crippen molar-refractivity contribution in [3.8, 4) is 28.3 Å². The summed E-state index contributed by atoms with van der Waals surface area (Å²) >= 11 is 0. The van der Waals surface area contributed by atoms with E-state index in [1.165, 1.54) is 0 Å². The molecule has 0 radical (unpaired) electrons. The molecule has 0 saturated carbocycles. The van der Waals surface area contributed by atoms with Gasteiger partial charge in [0.25, 0.3) is 0 Å². The smallest absolute Gasteiger partial charge is 0.490 e. The van der Waals surface area contributed by atoms with Gasteiger partial charge in [-0.05, 0) is 18.6 Å². The first-order valence-corrected chi connectivity index (χ1v) is 11.5. The molecule has 1 aliphatic heterocycles. The Kier molecular flexibility index (Phi) is 10.9. The van der Waals surface area contributed by atoms with Gasteiger partial charge in [0.15, 0.2) is 0 Å². The monoisotopic (exact) mass is 594 g/mol. The fraction of sp³-hybridized carbons (Fsp3) is 0.409. The van der Waals surface area contributed by atoms with E-state index in [0.717, 1.165) is 25.1 Å². The molecule has 0 amide bonds. The van der Waals surface area contributed by atoms with Gasteiger partial charge >= 0.3 is 24.3 Å². The number of nitrogens with one attached hydrogen (secondary N) is 2. The first kappa shape index (κ1) is 32.7. The van der Waals surface area contributed by atoms with Crippen LogP contribution in [0, 0.1) is 0 Å². The predicted molar refractivity (Wildman–Crippen MR) is 129 cm³/mol. The third-order valence-corrected chi connectivity index (χ3v) is 5.06. The number of hydrogen-bond acceptors (Lipinski definition) is 10. The van der Waals surface area contributed by atoms with E-state index in [1.807, 2.05) is 6.07 Å². The maximum absolute atomic E-state index is 10.6. The first-order chi connectivity index (χ1) is 19.0. The van der Waals surface area contributed by atoms with Crippen molar-refractivity contribution in [3.05, 3.63) is 30.6 Å². The van der Waals surface area contributed by atoms with Gasteiger partial charge in [-0.25, -0.2) is 14.6 Å². The summed E-state index contributed by atoms with van der Waals surface area (Å²) in [6.45, 7) is 6.08. The molecular weight excluding hydrogens is 570 g/mol. The molecule has 1 saturated heterocycles. The van der Waals surface area contributed by atoms with Gasteiger partial charge in [0.2, 0.25) is 5.95 Å². The van der Waals surface area contributed by atoms with E-state index in [1.54, 1.807) is 24.5 Å². The number of rotatable bonds is 5. The molecule has 1 aromatic carbocycles. The number of anilines is 1. The minimum atomic E-state index is -5.08. The lowest BCUT2D eigenvalue weighted by atomic mass is 10.1. The fourth-order valence-electron chi connectivity index (χ4n) is 3.34. The Bertz CT molecular complexity index is 1260. The van der Waals surface area contributed by atoms with Crippen LogP contribution in [0.25, 0.3) is 22.5 Å². The van der Waals surface area contributed by atoms with Crippen molar-refractivity contribution in [1.29, 1.82) is 0 Å². The summed E-state index contributed by atoms with van der Waals surface area (Å²) in [5, 5.41) is 47.0. The minimum absolute atomic E-state index is 0.0988. The summed E-state index contributed by atoms with van der Waals surface area (Å²) in [7, 11) is 0. The molecule has 41 heavy (non-hydrogen) atoms. The van der Waals surface area contributed by atoms with Crippen LogP contribution >= 0.6 is 0 Å². The number of aromatic hydroxyl groups is 1. The van der Waals surface area contributed by atoms with E-state index in [4.69, 9.17) is 19.8 Å². The Labute approximate surface area is 227 Å². The number of aromatic amines is 1. The topological polar surface area (TPSA) is 190 Å². The highest BCUT2D eigenvalue weighted by Gasteiger charge is 2.38. The lowest BCUT2D eigenvalue weighted by Gasteiger charge is -2.18. The first-order valence-electron chi connectivity index (χ1n) is 11.5. The number of carboxylic acid groups (broad SMARTS) is 2. The van der Waals surface area contributed by atoms with Crippen LogP contribution in [0.15, 0.2) is 30.6 Å². The molecule has 13 nitrogen and oxygen atoms in total. The number of phenolic OH excluding ortho intramolecular Hbond substituents is 1. The molecule has 3 aromatic rings. The largest absolute Gasteiger partial charge is 0.507 e. The van der Waals surface area contributed by atoms with Gasteiger partial charge in [-0.3, -0.25) is 0 Å². The quantitative estimate of drug-likeness (QED) is 0.272. The second kappa shape index (κ2) is 13.7. The van der Waals surface area contributed by atoms with Crippen molar-refractivity contribution in [2.45, 2.75) is 44.7 Å². The SMILES string of the molecule is CC(C)NC1CCN(c2ncc(-c3ccc(-c4cn[nH]n4)cc3O)nn2)C1.O=C(O)C(F)(F)F.O=C(O)C(F)(F)F. The van der Waals surface area contributed by atoms with E-state index >= 15 is 0 Å². The van der Waals surface area contributed by atoms with Crippen LogP contribution in [0.1, 0.15) is 20.3 Å². The van der Waals surface area contributed by atoms with Gasteiger partial charge in [-0.2, -0.15) is 41.8 Å². The zero-order chi connectivity index (χ0) is 31.0. The second-order valence-electron chi connectivity index (χ2n) is 8.59. The molecule has 1 aliphatic rings. The molecule has 1 atom stereocenters. The lowest BCUT2D eigenvalue weighted by molar-refractivity contribution is -0.193. The molecule has 3 heterocycles. The molecule has 0 bridgehead atoms. The summed E-state index contributed by atoms with van der Waals surface area (Å²) in [4.78, 5) is 24.4. The highest BCUT2D eigenvalue weighted by molar-refractivity contribution is 5.73. The number of benzene rings is 1. The van der Waals surface area contributed by atoms with Crippen molar-refractivity contribution in [2.24, 2.45) is 0 Å². The number of aromatic nitrogens is 6. The van der Waals surface area contributed by atoms with Gasteiger partial charge in [0.1, 0.15) is 17.1 Å². The fourth-order valence-corrected chi connectivity index (χ4v) is 3.34. The molecule has 19 heteroatoms. The summed E-state index contributed by atoms with van der Waals surface area (Å²) in [5.41, 5.74) is 2.53. The average Bonchev–Trinajstić information content (AvgIpc) is 3.56. The highest BCUT2D eigenvalue weighted by Crippen LogP contribution is 2.31. The summed E-state index contributed by atoms with van der Waals surface area (Å²) < 4.78 is 63.5. The number of carboxylic acids is 2. The second-order valence-corrected chi connectivity index (χ2v) is 8.59. The molecular formula is C22H24F6N8O5.